The van der Waals surface area contributed by atoms with Gasteiger partial charge in [-0.05, 0) is 47.8 Å². The van der Waals surface area contributed by atoms with Crippen molar-refractivity contribution in [1.29, 1.82) is 0 Å². The first kappa shape index (κ1) is 12.1. The highest BCUT2D eigenvalue weighted by Crippen LogP contribution is 2.26. The van der Waals surface area contributed by atoms with Crippen molar-refractivity contribution in [2.75, 3.05) is 6.61 Å². The van der Waals surface area contributed by atoms with E-state index >= 15 is 0 Å². The first-order chi connectivity index (χ1) is 7.60. The van der Waals surface area contributed by atoms with Crippen molar-refractivity contribution in [2.45, 2.75) is 31.9 Å². The molecule has 0 aromatic carbocycles. The van der Waals surface area contributed by atoms with Crippen LogP contribution in [0.25, 0.3) is 0 Å². The van der Waals surface area contributed by atoms with Gasteiger partial charge in [-0.15, -0.1) is 11.3 Å². The van der Waals surface area contributed by atoms with E-state index in [1.807, 2.05) is 19.1 Å². The molecule has 3 nitrogen and oxygen atoms in total. The summed E-state index contributed by atoms with van der Waals surface area (Å²) in [6.07, 6.45) is 1.78. The number of thiophene rings is 1. The molecule has 0 bridgehead atoms. The lowest BCUT2D eigenvalue weighted by atomic mass is 10.0. The van der Waals surface area contributed by atoms with E-state index in [2.05, 4.69) is 21.2 Å². The van der Waals surface area contributed by atoms with Crippen LogP contribution in [0.15, 0.2) is 15.9 Å². The van der Waals surface area contributed by atoms with Crippen LogP contribution in [0.3, 0.4) is 0 Å². The molecule has 1 amide bonds. The van der Waals surface area contributed by atoms with Crippen LogP contribution in [0.1, 0.15) is 24.6 Å². The minimum atomic E-state index is -0.617. The van der Waals surface area contributed by atoms with Gasteiger partial charge in [0.2, 0.25) is 0 Å². The van der Waals surface area contributed by atoms with Gasteiger partial charge in [-0.25, -0.2) is 0 Å². The van der Waals surface area contributed by atoms with Crippen molar-refractivity contribution < 1.29 is 9.53 Å². The van der Waals surface area contributed by atoms with Gasteiger partial charge in [0.15, 0.2) is 0 Å². The maximum absolute atomic E-state index is 11.9. The lowest BCUT2D eigenvalue weighted by molar-refractivity contribution is -0.139. The average molecular weight is 304 g/mol. The van der Waals surface area contributed by atoms with E-state index in [4.69, 9.17) is 4.74 Å². The summed E-state index contributed by atoms with van der Waals surface area (Å²) in [7, 11) is 0. The quantitative estimate of drug-likeness (QED) is 0.932. The summed E-state index contributed by atoms with van der Waals surface area (Å²) in [4.78, 5) is 13.0. The lowest BCUT2D eigenvalue weighted by Crippen LogP contribution is -2.43. The van der Waals surface area contributed by atoms with Crippen molar-refractivity contribution >= 4 is 33.2 Å². The van der Waals surface area contributed by atoms with Crippen LogP contribution in [0.5, 0.6) is 0 Å². The fourth-order valence-corrected chi connectivity index (χ4v) is 3.18. The summed E-state index contributed by atoms with van der Waals surface area (Å²) in [6, 6.07) is 3.99. The number of hydrogen-bond donors (Lipinski definition) is 1. The van der Waals surface area contributed by atoms with Crippen molar-refractivity contribution in [3.63, 3.8) is 0 Å². The number of amides is 1. The van der Waals surface area contributed by atoms with Gasteiger partial charge in [0.25, 0.3) is 5.91 Å². The Morgan fingerprint density at radius 2 is 2.50 bits per heavy atom. The predicted molar refractivity (Wildman–Crippen MR) is 67.5 cm³/mol. The highest BCUT2D eigenvalue weighted by molar-refractivity contribution is 9.11. The third kappa shape index (κ3) is 2.64. The smallest absolute Gasteiger partial charge is 0.252 e. The molecule has 1 aliphatic rings. The Morgan fingerprint density at radius 1 is 1.69 bits per heavy atom. The third-order valence-electron chi connectivity index (χ3n) is 2.75. The molecule has 16 heavy (non-hydrogen) atoms. The number of hydrogen-bond acceptors (Lipinski definition) is 3. The van der Waals surface area contributed by atoms with E-state index in [0.717, 1.165) is 21.5 Å². The molecule has 1 unspecified atom stereocenters. The molecule has 0 aliphatic carbocycles. The van der Waals surface area contributed by atoms with Gasteiger partial charge >= 0.3 is 0 Å². The summed E-state index contributed by atoms with van der Waals surface area (Å²) in [5.41, 5.74) is -0.617. The van der Waals surface area contributed by atoms with Crippen LogP contribution < -0.4 is 5.32 Å². The number of rotatable bonds is 3. The van der Waals surface area contributed by atoms with Crippen LogP contribution in [-0.2, 0) is 16.1 Å². The van der Waals surface area contributed by atoms with Crippen LogP contribution in [0, 0.1) is 0 Å². The highest BCUT2D eigenvalue weighted by atomic mass is 79.9. The molecule has 1 aromatic heterocycles. The second kappa shape index (κ2) is 4.85. The van der Waals surface area contributed by atoms with Crippen molar-refractivity contribution in [3.8, 4) is 0 Å². The van der Waals surface area contributed by atoms with Gasteiger partial charge in [0.05, 0.1) is 10.3 Å². The van der Waals surface area contributed by atoms with E-state index in [1.54, 1.807) is 11.3 Å². The van der Waals surface area contributed by atoms with E-state index in [1.165, 1.54) is 0 Å². The van der Waals surface area contributed by atoms with Crippen molar-refractivity contribution in [3.05, 3.63) is 20.8 Å². The molecule has 0 saturated carbocycles. The van der Waals surface area contributed by atoms with Gasteiger partial charge < -0.3 is 10.1 Å². The Labute approximate surface area is 107 Å². The molecule has 1 aromatic rings. The number of carbonyl (C=O) groups is 1. The van der Waals surface area contributed by atoms with Crippen molar-refractivity contribution in [1.82, 2.24) is 5.32 Å². The largest absolute Gasteiger partial charge is 0.365 e. The molecule has 5 heteroatoms. The van der Waals surface area contributed by atoms with E-state index in [9.17, 15) is 4.79 Å². The Balaban J connectivity index is 1.88. The standard InChI is InChI=1S/C11H14BrNO2S/c1-11(5-2-6-15-11)10(14)13-7-8-3-4-9(12)16-8/h3-4H,2,5-7H2,1H3,(H,13,14). The third-order valence-corrected chi connectivity index (χ3v) is 4.37. The maximum atomic E-state index is 11.9. The number of nitrogens with one attached hydrogen (secondary N) is 1. The van der Waals surface area contributed by atoms with E-state index < -0.39 is 5.60 Å². The zero-order chi connectivity index (χ0) is 11.6. The van der Waals surface area contributed by atoms with E-state index in [-0.39, 0.29) is 5.91 Å². The number of ether oxygens (including phenoxy) is 1. The van der Waals surface area contributed by atoms with Gasteiger partial charge in [0.1, 0.15) is 5.60 Å². The Morgan fingerprint density at radius 3 is 3.06 bits per heavy atom. The average Bonchev–Trinajstić information content (AvgIpc) is 2.85. The molecular weight excluding hydrogens is 290 g/mol. The molecular formula is C11H14BrNO2S. The predicted octanol–water partition coefficient (Wildman–Crippen LogP) is 2.70. The summed E-state index contributed by atoms with van der Waals surface area (Å²) < 4.78 is 6.56. The molecule has 1 N–H and O–H groups in total. The molecule has 1 fully saturated rings. The fourth-order valence-electron chi connectivity index (χ4n) is 1.76. The summed E-state index contributed by atoms with van der Waals surface area (Å²) >= 11 is 5.03. The van der Waals surface area contributed by atoms with Gasteiger partial charge in [-0.2, -0.15) is 0 Å². The zero-order valence-electron chi connectivity index (χ0n) is 9.09. The highest BCUT2D eigenvalue weighted by Gasteiger charge is 2.37. The van der Waals surface area contributed by atoms with Crippen LogP contribution in [0.2, 0.25) is 0 Å². The van der Waals surface area contributed by atoms with Crippen LogP contribution >= 0.6 is 27.3 Å². The van der Waals surface area contributed by atoms with Gasteiger partial charge in [-0.3, -0.25) is 4.79 Å². The first-order valence-corrected chi connectivity index (χ1v) is 6.87. The first-order valence-electron chi connectivity index (χ1n) is 5.27. The normalized spacial score (nSPS) is 24.6. The SMILES string of the molecule is CC1(C(=O)NCc2ccc(Br)s2)CCCO1. The minimum Gasteiger partial charge on any atom is -0.365 e. The molecule has 1 saturated heterocycles. The molecule has 0 radical (unpaired) electrons. The number of carbonyl (C=O) groups excluding carboxylic acids is 1. The van der Waals surface area contributed by atoms with Crippen molar-refractivity contribution in [2.24, 2.45) is 0 Å². The summed E-state index contributed by atoms with van der Waals surface area (Å²) in [6.45, 7) is 3.13. The fraction of sp³-hybridized carbons (Fsp3) is 0.545. The zero-order valence-corrected chi connectivity index (χ0v) is 11.5. The second-order valence-electron chi connectivity index (χ2n) is 4.07. The molecule has 1 atom stereocenters. The maximum Gasteiger partial charge on any atom is 0.252 e. The Bertz CT molecular complexity index is 385. The monoisotopic (exact) mass is 303 g/mol. The Hall–Kier alpha value is -0.390. The molecule has 0 spiro atoms. The summed E-state index contributed by atoms with van der Waals surface area (Å²) in [5, 5.41) is 2.92. The Kier molecular flexibility index (Phi) is 3.66. The molecule has 2 heterocycles. The van der Waals surface area contributed by atoms with Gasteiger partial charge in [0, 0.05) is 11.5 Å². The summed E-state index contributed by atoms with van der Waals surface area (Å²) in [5.74, 6) is -0.00507. The molecule has 1 aliphatic heterocycles. The topological polar surface area (TPSA) is 38.3 Å². The van der Waals surface area contributed by atoms with Crippen LogP contribution in [-0.4, -0.2) is 18.1 Å². The minimum absolute atomic E-state index is 0.00507. The van der Waals surface area contributed by atoms with Gasteiger partial charge in [-0.1, -0.05) is 0 Å². The lowest BCUT2D eigenvalue weighted by Gasteiger charge is -2.21. The van der Waals surface area contributed by atoms with E-state index in [0.29, 0.717) is 13.2 Å². The van der Waals surface area contributed by atoms with Crippen LogP contribution in [0.4, 0.5) is 0 Å². The number of halogens is 1. The molecule has 88 valence electrons. The molecule has 2 rings (SSSR count). The second-order valence-corrected chi connectivity index (χ2v) is 6.62.